The van der Waals surface area contributed by atoms with Crippen molar-refractivity contribution in [1.82, 2.24) is 19.9 Å². The van der Waals surface area contributed by atoms with E-state index < -0.39 is 23.3 Å². The van der Waals surface area contributed by atoms with Crippen LogP contribution in [0.5, 0.6) is 0 Å². The predicted octanol–water partition coefficient (Wildman–Crippen LogP) is 1.51. The van der Waals surface area contributed by atoms with Gasteiger partial charge in [-0.1, -0.05) is 0 Å². The van der Waals surface area contributed by atoms with Crippen LogP contribution in [-0.2, 0) is 5.54 Å². The lowest BCUT2D eigenvalue weighted by Gasteiger charge is -2.22. The van der Waals surface area contributed by atoms with Crippen LogP contribution >= 0.6 is 0 Å². The Morgan fingerprint density at radius 1 is 1.44 bits per heavy atom. The highest BCUT2D eigenvalue weighted by Crippen LogP contribution is 2.20. The van der Waals surface area contributed by atoms with Gasteiger partial charge in [0.05, 0.1) is 5.54 Å². The molecule has 2 heterocycles. The molecule has 0 aromatic carbocycles. The zero-order valence-corrected chi connectivity index (χ0v) is 9.61. The Bertz CT molecular complexity index is 624. The van der Waals surface area contributed by atoms with E-state index in [1.54, 1.807) is 0 Å². The fourth-order valence-electron chi connectivity index (χ4n) is 1.67. The van der Waals surface area contributed by atoms with Crippen LogP contribution < -0.4 is 5.32 Å². The first kappa shape index (κ1) is 12.2. The number of rotatable bonds is 2. The molecule has 6 nitrogen and oxygen atoms in total. The molecule has 0 fully saturated rings. The van der Waals surface area contributed by atoms with Gasteiger partial charge in [0.25, 0.3) is 0 Å². The lowest BCUT2D eigenvalue weighted by Crippen LogP contribution is -2.41. The van der Waals surface area contributed by atoms with Gasteiger partial charge in [0, 0.05) is 12.3 Å². The number of carbonyl (C=O) groups is 1. The van der Waals surface area contributed by atoms with Gasteiger partial charge in [-0.05, 0) is 13.8 Å². The number of fused-ring (bicyclic) bond motifs is 1. The molecule has 0 saturated carbocycles. The topological polar surface area (TPSA) is 79.5 Å². The van der Waals surface area contributed by atoms with Crippen molar-refractivity contribution in [2.75, 3.05) is 0 Å². The number of amides is 1. The van der Waals surface area contributed by atoms with Crippen molar-refractivity contribution in [1.29, 1.82) is 0 Å². The molecule has 2 aromatic heterocycles. The maximum absolute atomic E-state index is 13.4. The maximum atomic E-state index is 13.4. The molecule has 0 atom stereocenters. The molecule has 8 heteroatoms. The van der Waals surface area contributed by atoms with Crippen molar-refractivity contribution < 1.29 is 18.7 Å². The molecule has 18 heavy (non-hydrogen) atoms. The van der Waals surface area contributed by atoms with Gasteiger partial charge >= 0.3 is 6.09 Å². The second kappa shape index (κ2) is 3.90. The van der Waals surface area contributed by atoms with E-state index in [-0.39, 0.29) is 11.5 Å². The first-order valence-corrected chi connectivity index (χ1v) is 5.02. The summed E-state index contributed by atoms with van der Waals surface area (Å²) in [6.07, 6.45) is -0.271. The summed E-state index contributed by atoms with van der Waals surface area (Å²) in [4.78, 5) is 10.7. The summed E-state index contributed by atoms with van der Waals surface area (Å²) in [5.41, 5.74) is -1.29. The molecule has 0 aliphatic heterocycles. The van der Waals surface area contributed by atoms with Gasteiger partial charge in [-0.15, -0.1) is 10.2 Å². The van der Waals surface area contributed by atoms with Crippen molar-refractivity contribution in [3.05, 3.63) is 29.7 Å². The van der Waals surface area contributed by atoms with Gasteiger partial charge in [-0.25, -0.2) is 13.6 Å². The molecular weight excluding hydrogens is 246 g/mol. The van der Waals surface area contributed by atoms with Gasteiger partial charge in [-0.2, -0.15) is 0 Å². The standard InChI is InChI=1S/C10H10F2N4O2/c1-10(2,13-9(17)18)8-15-14-7-6(12)3-5(11)4-16(7)8/h3-4,13H,1-2H3,(H,17,18). The first-order chi connectivity index (χ1) is 8.31. The normalized spacial score (nSPS) is 11.8. The molecule has 0 unspecified atom stereocenters. The summed E-state index contributed by atoms with van der Waals surface area (Å²) in [5, 5.41) is 18.2. The second-order valence-electron chi connectivity index (χ2n) is 4.28. The van der Waals surface area contributed by atoms with Crippen LogP contribution in [0, 0.1) is 11.6 Å². The van der Waals surface area contributed by atoms with Crippen molar-refractivity contribution >= 4 is 11.7 Å². The first-order valence-electron chi connectivity index (χ1n) is 5.02. The fraction of sp³-hybridized carbons (Fsp3) is 0.300. The zero-order chi connectivity index (χ0) is 13.5. The summed E-state index contributed by atoms with van der Waals surface area (Å²) in [6, 6.07) is 0.686. The van der Waals surface area contributed by atoms with E-state index in [2.05, 4.69) is 15.5 Å². The number of aromatic nitrogens is 3. The number of halogens is 2. The lowest BCUT2D eigenvalue weighted by atomic mass is 10.1. The molecule has 2 rings (SSSR count). The molecule has 2 aromatic rings. The molecule has 1 amide bonds. The van der Waals surface area contributed by atoms with Crippen molar-refractivity contribution in [3.8, 4) is 0 Å². The van der Waals surface area contributed by atoms with Crippen LogP contribution in [0.1, 0.15) is 19.7 Å². The number of hydrogen-bond donors (Lipinski definition) is 2. The zero-order valence-electron chi connectivity index (χ0n) is 9.61. The Morgan fingerprint density at radius 2 is 2.11 bits per heavy atom. The molecule has 0 aliphatic rings. The van der Waals surface area contributed by atoms with E-state index in [0.29, 0.717) is 6.07 Å². The highest BCUT2D eigenvalue weighted by molar-refractivity contribution is 5.65. The number of carboxylic acid groups (broad SMARTS) is 1. The van der Waals surface area contributed by atoms with E-state index in [9.17, 15) is 13.6 Å². The largest absolute Gasteiger partial charge is 0.465 e. The van der Waals surface area contributed by atoms with Crippen molar-refractivity contribution in [3.63, 3.8) is 0 Å². The smallest absolute Gasteiger partial charge is 0.405 e. The summed E-state index contributed by atoms with van der Waals surface area (Å²) in [7, 11) is 0. The van der Waals surface area contributed by atoms with Gasteiger partial charge in [0.15, 0.2) is 17.3 Å². The summed E-state index contributed by atoms with van der Waals surface area (Å²) in [6.45, 7) is 3.03. The average molecular weight is 256 g/mol. The van der Waals surface area contributed by atoms with Crippen LogP contribution in [0.15, 0.2) is 12.3 Å². The minimum absolute atomic E-state index is 0.0956. The third-order valence-electron chi connectivity index (χ3n) is 2.40. The summed E-state index contributed by atoms with van der Waals surface area (Å²) >= 11 is 0. The summed E-state index contributed by atoms with van der Waals surface area (Å²) < 4.78 is 27.6. The SMILES string of the molecule is CC(C)(NC(=O)O)c1nnc2c(F)cc(F)cn12. The fourth-order valence-corrected chi connectivity index (χ4v) is 1.67. The second-order valence-corrected chi connectivity index (χ2v) is 4.28. The monoisotopic (exact) mass is 256 g/mol. The molecule has 0 radical (unpaired) electrons. The minimum Gasteiger partial charge on any atom is -0.465 e. The van der Waals surface area contributed by atoms with E-state index >= 15 is 0 Å². The van der Waals surface area contributed by atoms with Crippen molar-refractivity contribution in [2.24, 2.45) is 0 Å². The van der Waals surface area contributed by atoms with E-state index in [1.165, 1.54) is 13.8 Å². The molecule has 0 aliphatic carbocycles. The van der Waals surface area contributed by atoms with Gasteiger partial charge in [0.2, 0.25) is 0 Å². The minimum atomic E-state index is -1.27. The Kier molecular flexibility index (Phi) is 2.64. The van der Waals surface area contributed by atoms with Crippen LogP contribution in [0.25, 0.3) is 5.65 Å². The number of nitrogens with zero attached hydrogens (tertiary/aromatic N) is 3. The van der Waals surface area contributed by atoms with Crippen LogP contribution in [0.3, 0.4) is 0 Å². The van der Waals surface area contributed by atoms with Gasteiger partial charge in [-0.3, -0.25) is 4.40 Å². The third kappa shape index (κ3) is 1.96. The van der Waals surface area contributed by atoms with E-state index in [0.717, 1.165) is 10.6 Å². The highest BCUT2D eigenvalue weighted by atomic mass is 19.1. The highest BCUT2D eigenvalue weighted by Gasteiger charge is 2.29. The number of nitrogens with one attached hydrogen (secondary N) is 1. The molecule has 0 saturated heterocycles. The van der Waals surface area contributed by atoms with E-state index in [4.69, 9.17) is 5.11 Å². The third-order valence-corrected chi connectivity index (χ3v) is 2.40. The Labute approximate surface area is 100 Å². The Balaban J connectivity index is 2.62. The van der Waals surface area contributed by atoms with Crippen LogP contribution in [0.4, 0.5) is 13.6 Å². The molecule has 0 spiro atoms. The summed E-state index contributed by atoms with van der Waals surface area (Å²) in [5.74, 6) is -1.56. The molecule has 2 N–H and O–H groups in total. The maximum Gasteiger partial charge on any atom is 0.405 e. The predicted molar refractivity (Wildman–Crippen MR) is 57.1 cm³/mol. The lowest BCUT2D eigenvalue weighted by molar-refractivity contribution is 0.180. The van der Waals surface area contributed by atoms with Gasteiger partial charge < -0.3 is 10.4 Å². The molecule has 0 bridgehead atoms. The average Bonchev–Trinajstić information content (AvgIpc) is 2.59. The Hall–Kier alpha value is -2.25. The van der Waals surface area contributed by atoms with Crippen LogP contribution in [0.2, 0.25) is 0 Å². The number of hydrogen-bond acceptors (Lipinski definition) is 3. The molecule has 96 valence electrons. The molecular formula is C10H10F2N4O2. The van der Waals surface area contributed by atoms with Crippen molar-refractivity contribution in [2.45, 2.75) is 19.4 Å². The van der Waals surface area contributed by atoms with E-state index in [1.807, 2.05) is 0 Å². The van der Waals surface area contributed by atoms with Gasteiger partial charge in [0.1, 0.15) is 5.82 Å². The quantitative estimate of drug-likeness (QED) is 0.853. The van der Waals surface area contributed by atoms with Crippen LogP contribution in [-0.4, -0.2) is 25.8 Å². The Morgan fingerprint density at radius 3 is 2.72 bits per heavy atom. The number of pyridine rings is 1.